The summed E-state index contributed by atoms with van der Waals surface area (Å²) in [5, 5.41) is 12.2. The van der Waals surface area contributed by atoms with Gasteiger partial charge in [-0.15, -0.1) is 0 Å². The summed E-state index contributed by atoms with van der Waals surface area (Å²) in [5.74, 6) is 0.713. The number of nitrogen functional groups attached to an aromatic ring is 1. The molecule has 2 aromatic rings. The molecule has 1 aromatic carbocycles. The normalized spacial score (nSPS) is 14.7. The highest BCUT2D eigenvalue weighted by atomic mass is 15.3. The maximum atomic E-state index is 7.64. The molecule has 0 unspecified atom stereocenters. The van der Waals surface area contributed by atoms with Crippen LogP contribution in [0.4, 0.5) is 0 Å². The summed E-state index contributed by atoms with van der Waals surface area (Å²) >= 11 is 0. The van der Waals surface area contributed by atoms with Crippen molar-refractivity contribution < 1.29 is 0 Å². The van der Waals surface area contributed by atoms with Crippen molar-refractivity contribution in [2.75, 3.05) is 0 Å². The Morgan fingerprint density at radius 1 is 1.39 bits per heavy atom. The number of amidine groups is 1. The van der Waals surface area contributed by atoms with E-state index in [4.69, 9.17) is 11.1 Å². The predicted molar refractivity (Wildman–Crippen MR) is 71.3 cm³/mol. The van der Waals surface area contributed by atoms with Crippen molar-refractivity contribution in [3.63, 3.8) is 0 Å². The van der Waals surface area contributed by atoms with Crippen LogP contribution < -0.4 is 5.73 Å². The highest BCUT2D eigenvalue weighted by Gasteiger charge is 2.26. The molecular formula is C14H16N4. The topological polar surface area (TPSA) is 67.7 Å². The van der Waals surface area contributed by atoms with Crippen molar-refractivity contribution in [1.82, 2.24) is 9.78 Å². The maximum Gasteiger partial charge on any atom is 0.124 e. The van der Waals surface area contributed by atoms with Crippen molar-refractivity contribution >= 4 is 5.84 Å². The lowest BCUT2D eigenvalue weighted by molar-refractivity contribution is 0.834. The largest absolute Gasteiger partial charge is 0.384 e. The molecule has 1 heterocycles. The van der Waals surface area contributed by atoms with E-state index in [2.05, 4.69) is 11.2 Å². The third-order valence-electron chi connectivity index (χ3n) is 3.30. The lowest BCUT2D eigenvalue weighted by atomic mass is 10.1. The molecule has 3 N–H and O–H groups in total. The van der Waals surface area contributed by atoms with E-state index in [1.54, 1.807) is 0 Å². The lowest BCUT2D eigenvalue weighted by Crippen LogP contribution is -2.15. The summed E-state index contributed by atoms with van der Waals surface area (Å²) < 4.78 is 1.83. The van der Waals surface area contributed by atoms with Gasteiger partial charge in [-0.25, -0.2) is 4.68 Å². The van der Waals surface area contributed by atoms with Crippen molar-refractivity contribution in [1.29, 1.82) is 5.41 Å². The second-order valence-corrected chi connectivity index (χ2v) is 4.89. The second-order valence-electron chi connectivity index (χ2n) is 4.89. The van der Waals surface area contributed by atoms with Crippen LogP contribution in [0, 0.1) is 12.3 Å². The third kappa shape index (κ3) is 1.90. The van der Waals surface area contributed by atoms with Gasteiger partial charge in [-0.05, 0) is 43.5 Å². The molecule has 1 saturated carbocycles. The fourth-order valence-electron chi connectivity index (χ4n) is 2.13. The summed E-state index contributed by atoms with van der Waals surface area (Å²) in [6, 6.07) is 7.92. The van der Waals surface area contributed by atoms with Crippen molar-refractivity contribution in [2.45, 2.75) is 25.7 Å². The number of nitrogens with zero attached hydrogens (tertiary/aromatic N) is 2. The quantitative estimate of drug-likeness (QED) is 0.638. The summed E-state index contributed by atoms with van der Waals surface area (Å²) in [5.41, 5.74) is 9.52. The third-order valence-corrected chi connectivity index (χ3v) is 3.30. The first-order valence-electron chi connectivity index (χ1n) is 6.16. The Balaban J connectivity index is 2.07. The molecule has 0 aliphatic heterocycles. The Labute approximate surface area is 106 Å². The number of benzene rings is 1. The first kappa shape index (κ1) is 11.0. The van der Waals surface area contributed by atoms with Crippen LogP contribution in [0.15, 0.2) is 30.5 Å². The highest BCUT2D eigenvalue weighted by Crippen LogP contribution is 2.39. The Morgan fingerprint density at radius 3 is 2.83 bits per heavy atom. The fourth-order valence-corrected chi connectivity index (χ4v) is 2.13. The van der Waals surface area contributed by atoms with Gasteiger partial charge in [-0.3, -0.25) is 5.41 Å². The molecule has 1 fully saturated rings. The molecule has 1 aromatic heterocycles. The minimum absolute atomic E-state index is 0.0773. The number of nitrogens with one attached hydrogen (secondary N) is 1. The van der Waals surface area contributed by atoms with E-state index in [9.17, 15) is 0 Å². The minimum atomic E-state index is 0.0773. The number of aryl methyl sites for hydroxylation is 1. The van der Waals surface area contributed by atoms with Crippen LogP contribution in [0.3, 0.4) is 0 Å². The van der Waals surface area contributed by atoms with E-state index in [1.807, 2.05) is 36.0 Å². The molecule has 4 nitrogen and oxygen atoms in total. The van der Waals surface area contributed by atoms with Gasteiger partial charge in [0.1, 0.15) is 5.84 Å². The monoisotopic (exact) mass is 240 g/mol. The molecule has 0 spiro atoms. The van der Waals surface area contributed by atoms with Crippen LogP contribution in [0.2, 0.25) is 0 Å². The van der Waals surface area contributed by atoms with Crippen LogP contribution in [0.5, 0.6) is 0 Å². The Hall–Kier alpha value is -2.10. The second kappa shape index (κ2) is 3.98. The van der Waals surface area contributed by atoms with E-state index < -0.39 is 0 Å². The van der Waals surface area contributed by atoms with E-state index in [0.717, 1.165) is 22.5 Å². The molecule has 0 saturated heterocycles. The summed E-state index contributed by atoms with van der Waals surface area (Å²) in [6.45, 7) is 2.03. The van der Waals surface area contributed by atoms with Gasteiger partial charge >= 0.3 is 0 Å². The Bertz CT molecular complexity index is 608. The van der Waals surface area contributed by atoms with Gasteiger partial charge in [0.2, 0.25) is 0 Å². The van der Waals surface area contributed by atoms with Crippen molar-refractivity contribution in [2.24, 2.45) is 5.73 Å². The average Bonchev–Trinajstić information content (AvgIpc) is 3.07. The van der Waals surface area contributed by atoms with Crippen LogP contribution in [0.25, 0.3) is 5.69 Å². The molecule has 1 aliphatic rings. The number of rotatable bonds is 3. The number of hydrogen-bond donors (Lipinski definition) is 2. The maximum absolute atomic E-state index is 7.64. The van der Waals surface area contributed by atoms with Crippen molar-refractivity contribution in [3.05, 3.63) is 47.3 Å². The molecule has 4 heteroatoms. The molecule has 18 heavy (non-hydrogen) atoms. The molecular weight excluding hydrogens is 224 g/mol. The zero-order valence-corrected chi connectivity index (χ0v) is 10.4. The Kier molecular flexibility index (Phi) is 2.44. The van der Waals surface area contributed by atoms with Gasteiger partial charge < -0.3 is 5.73 Å². The molecule has 0 atom stereocenters. The van der Waals surface area contributed by atoms with Gasteiger partial charge in [0.25, 0.3) is 0 Å². The van der Waals surface area contributed by atoms with Gasteiger partial charge in [0, 0.05) is 17.7 Å². The number of hydrogen-bond acceptors (Lipinski definition) is 2. The molecule has 92 valence electrons. The van der Waals surface area contributed by atoms with Gasteiger partial charge in [-0.1, -0.05) is 6.07 Å². The summed E-state index contributed by atoms with van der Waals surface area (Å²) in [6.07, 6.45) is 4.43. The minimum Gasteiger partial charge on any atom is -0.384 e. The molecule has 0 radical (unpaired) electrons. The predicted octanol–water partition coefficient (Wildman–Crippen LogP) is 2.34. The molecule has 1 aliphatic carbocycles. The number of aromatic nitrogens is 2. The summed E-state index contributed by atoms with van der Waals surface area (Å²) in [4.78, 5) is 0. The van der Waals surface area contributed by atoms with E-state index in [-0.39, 0.29) is 5.84 Å². The summed E-state index contributed by atoms with van der Waals surface area (Å²) in [7, 11) is 0. The first-order valence-corrected chi connectivity index (χ1v) is 6.16. The molecule has 0 amide bonds. The average molecular weight is 240 g/mol. The van der Waals surface area contributed by atoms with Crippen LogP contribution in [-0.4, -0.2) is 15.6 Å². The SMILES string of the molecule is Cc1ccc(C(=N)N)c(-n2ccc(C3CC3)n2)c1. The van der Waals surface area contributed by atoms with E-state index >= 15 is 0 Å². The lowest BCUT2D eigenvalue weighted by Gasteiger charge is -2.09. The molecule has 0 bridgehead atoms. The zero-order chi connectivity index (χ0) is 12.7. The zero-order valence-electron chi connectivity index (χ0n) is 10.4. The standard InChI is InChI=1S/C14H16N4/c1-9-2-5-11(14(15)16)13(8-9)18-7-6-12(17-18)10-3-4-10/h2,5-8,10H,3-4H2,1H3,(H3,15,16). The van der Waals surface area contributed by atoms with Gasteiger partial charge in [0.15, 0.2) is 0 Å². The number of nitrogens with two attached hydrogens (primary N) is 1. The highest BCUT2D eigenvalue weighted by molar-refractivity contribution is 5.98. The fraction of sp³-hybridized carbons (Fsp3) is 0.286. The van der Waals surface area contributed by atoms with Crippen LogP contribution in [0.1, 0.15) is 35.6 Å². The first-order chi connectivity index (χ1) is 8.65. The Morgan fingerprint density at radius 2 is 2.17 bits per heavy atom. The molecule has 3 rings (SSSR count). The van der Waals surface area contributed by atoms with Crippen molar-refractivity contribution in [3.8, 4) is 5.69 Å². The smallest absolute Gasteiger partial charge is 0.124 e. The van der Waals surface area contributed by atoms with E-state index in [1.165, 1.54) is 12.8 Å². The van der Waals surface area contributed by atoms with Gasteiger partial charge in [0.05, 0.1) is 11.4 Å². The van der Waals surface area contributed by atoms with E-state index in [0.29, 0.717) is 5.92 Å². The van der Waals surface area contributed by atoms with Crippen LogP contribution >= 0.6 is 0 Å². The van der Waals surface area contributed by atoms with Crippen LogP contribution in [-0.2, 0) is 0 Å². The van der Waals surface area contributed by atoms with Gasteiger partial charge in [-0.2, -0.15) is 5.10 Å².